The van der Waals surface area contributed by atoms with Gasteiger partial charge in [-0.1, -0.05) is 6.92 Å². The largest absolute Gasteiger partial charge is 0.310 e. The number of halogens is 3. The summed E-state index contributed by atoms with van der Waals surface area (Å²) in [6.45, 7) is 2.73. The first-order chi connectivity index (χ1) is 10.1. The Labute approximate surface area is 122 Å². The van der Waals surface area contributed by atoms with Crippen molar-refractivity contribution in [3.8, 4) is 0 Å². The van der Waals surface area contributed by atoms with Crippen molar-refractivity contribution in [1.29, 1.82) is 0 Å². The highest BCUT2D eigenvalue weighted by molar-refractivity contribution is 5.23. The Morgan fingerprint density at radius 1 is 1.00 bits per heavy atom. The quantitative estimate of drug-likeness (QED) is 0.877. The van der Waals surface area contributed by atoms with E-state index in [0.29, 0.717) is 17.5 Å². The summed E-state index contributed by atoms with van der Waals surface area (Å²) < 4.78 is 39.8. The van der Waals surface area contributed by atoms with Gasteiger partial charge in [-0.15, -0.1) is 0 Å². The normalized spacial score (nSPS) is 12.4. The average molecular weight is 294 g/mol. The van der Waals surface area contributed by atoms with Crippen molar-refractivity contribution >= 4 is 0 Å². The van der Waals surface area contributed by atoms with Crippen LogP contribution in [0.2, 0.25) is 0 Å². The van der Waals surface area contributed by atoms with E-state index >= 15 is 0 Å². The van der Waals surface area contributed by atoms with E-state index in [1.807, 2.05) is 6.92 Å². The van der Waals surface area contributed by atoms with Gasteiger partial charge in [-0.05, 0) is 48.7 Å². The second-order valence-corrected chi connectivity index (χ2v) is 4.93. The highest BCUT2D eigenvalue weighted by Gasteiger charge is 2.14. The SMILES string of the molecule is CCCNC(Cc1cc(F)cc(F)c1)c1cncc(F)c1. The molecule has 5 heteroatoms. The van der Waals surface area contributed by atoms with Gasteiger partial charge in [-0.25, -0.2) is 13.2 Å². The summed E-state index contributed by atoms with van der Waals surface area (Å²) in [5.74, 6) is -1.66. The standard InChI is InChI=1S/C16H17F3N2/c1-2-3-21-16(12-7-15(19)10-20-9-12)6-11-4-13(17)8-14(18)5-11/h4-5,7-10,16,21H,2-3,6H2,1H3. The lowest BCUT2D eigenvalue weighted by Crippen LogP contribution is -2.24. The predicted molar refractivity (Wildman–Crippen MR) is 75.3 cm³/mol. The zero-order valence-electron chi connectivity index (χ0n) is 11.7. The molecule has 0 aliphatic heterocycles. The smallest absolute Gasteiger partial charge is 0.141 e. The third-order valence-corrected chi connectivity index (χ3v) is 3.13. The second kappa shape index (κ2) is 7.22. The highest BCUT2D eigenvalue weighted by atomic mass is 19.1. The monoisotopic (exact) mass is 294 g/mol. The molecule has 0 bridgehead atoms. The lowest BCUT2D eigenvalue weighted by molar-refractivity contribution is 0.516. The molecule has 0 spiro atoms. The van der Waals surface area contributed by atoms with Crippen LogP contribution in [0, 0.1) is 17.5 Å². The molecular formula is C16H17F3N2. The fourth-order valence-electron chi connectivity index (χ4n) is 2.21. The second-order valence-electron chi connectivity index (χ2n) is 4.93. The number of nitrogens with one attached hydrogen (secondary N) is 1. The van der Waals surface area contributed by atoms with E-state index < -0.39 is 17.5 Å². The van der Waals surface area contributed by atoms with Crippen molar-refractivity contribution < 1.29 is 13.2 Å². The molecule has 1 heterocycles. The van der Waals surface area contributed by atoms with Crippen LogP contribution in [0.3, 0.4) is 0 Å². The molecule has 1 atom stereocenters. The Hall–Kier alpha value is -1.88. The molecule has 21 heavy (non-hydrogen) atoms. The van der Waals surface area contributed by atoms with E-state index in [1.165, 1.54) is 18.2 Å². The molecule has 1 N–H and O–H groups in total. The molecule has 1 aromatic carbocycles. The van der Waals surface area contributed by atoms with Gasteiger partial charge in [0.1, 0.15) is 17.5 Å². The fourth-order valence-corrected chi connectivity index (χ4v) is 2.21. The van der Waals surface area contributed by atoms with Gasteiger partial charge >= 0.3 is 0 Å². The minimum absolute atomic E-state index is 0.241. The minimum Gasteiger partial charge on any atom is -0.310 e. The third kappa shape index (κ3) is 4.56. The highest BCUT2D eigenvalue weighted by Crippen LogP contribution is 2.20. The number of nitrogens with zero attached hydrogens (tertiary/aromatic N) is 1. The van der Waals surface area contributed by atoms with Gasteiger partial charge in [0.2, 0.25) is 0 Å². The average Bonchev–Trinajstić information content (AvgIpc) is 2.42. The van der Waals surface area contributed by atoms with Crippen LogP contribution in [0.15, 0.2) is 36.7 Å². The molecule has 0 radical (unpaired) electrons. The third-order valence-electron chi connectivity index (χ3n) is 3.13. The topological polar surface area (TPSA) is 24.9 Å². The van der Waals surface area contributed by atoms with E-state index in [0.717, 1.165) is 25.2 Å². The van der Waals surface area contributed by atoms with Crippen LogP contribution in [0.1, 0.15) is 30.5 Å². The van der Waals surface area contributed by atoms with Crippen LogP contribution in [-0.4, -0.2) is 11.5 Å². The van der Waals surface area contributed by atoms with E-state index in [1.54, 1.807) is 6.20 Å². The van der Waals surface area contributed by atoms with E-state index in [4.69, 9.17) is 0 Å². The predicted octanol–water partition coefficient (Wildman–Crippen LogP) is 3.78. The fraction of sp³-hybridized carbons (Fsp3) is 0.312. The molecule has 0 aliphatic rings. The van der Waals surface area contributed by atoms with Crippen molar-refractivity contribution in [2.45, 2.75) is 25.8 Å². The maximum atomic E-state index is 13.3. The maximum absolute atomic E-state index is 13.3. The number of hydrogen-bond acceptors (Lipinski definition) is 2. The summed E-state index contributed by atoms with van der Waals surface area (Å²) in [7, 11) is 0. The van der Waals surface area contributed by atoms with E-state index in [9.17, 15) is 13.2 Å². The summed E-state index contributed by atoms with van der Waals surface area (Å²) in [5.41, 5.74) is 1.18. The first kappa shape index (κ1) is 15.5. The van der Waals surface area contributed by atoms with Gasteiger partial charge in [-0.3, -0.25) is 4.98 Å². The number of rotatable bonds is 6. The zero-order valence-corrected chi connectivity index (χ0v) is 11.7. The van der Waals surface area contributed by atoms with Crippen molar-refractivity contribution in [3.63, 3.8) is 0 Å². The van der Waals surface area contributed by atoms with Crippen molar-refractivity contribution in [3.05, 3.63) is 65.2 Å². The molecular weight excluding hydrogens is 277 g/mol. The Balaban J connectivity index is 2.23. The molecule has 2 aromatic rings. The van der Waals surface area contributed by atoms with Crippen molar-refractivity contribution in [2.75, 3.05) is 6.54 Å². The molecule has 0 saturated heterocycles. The van der Waals surface area contributed by atoms with Gasteiger partial charge in [0.25, 0.3) is 0 Å². The lowest BCUT2D eigenvalue weighted by Gasteiger charge is -2.19. The first-order valence-corrected chi connectivity index (χ1v) is 6.87. The van der Waals surface area contributed by atoms with Gasteiger partial charge < -0.3 is 5.32 Å². The molecule has 0 amide bonds. The molecule has 1 unspecified atom stereocenters. The maximum Gasteiger partial charge on any atom is 0.141 e. The molecule has 0 aliphatic carbocycles. The Bertz CT molecular complexity index is 582. The Morgan fingerprint density at radius 3 is 2.33 bits per heavy atom. The van der Waals surface area contributed by atoms with Crippen LogP contribution >= 0.6 is 0 Å². The number of hydrogen-bond donors (Lipinski definition) is 1. The first-order valence-electron chi connectivity index (χ1n) is 6.87. The summed E-state index contributed by atoms with van der Waals surface area (Å²) in [5, 5.41) is 3.25. The van der Waals surface area contributed by atoms with Crippen LogP contribution in [0.5, 0.6) is 0 Å². The lowest BCUT2D eigenvalue weighted by atomic mass is 9.99. The molecule has 2 nitrogen and oxygen atoms in total. The van der Waals surface area contributed by atoms with Crippen LogP contribution in [-0.2, 0) is 6.42 Å². The minimum atomic E-state index is -0.614. The van der Waals surface area contributed by atoms with Crippen LogP contribution < -0.4 is 5.32 Å². The van der Waals surface area contributed by atoms with Crippen LogP contribution in [0.25, 0.3) is 0 Å². The molecule has 2 rings (SSSR count). The van der Waals surface area contributed by atoms with Gasteiger partial charge in [0.15, 0.2) is 0 Å². The molecule has 112 valence electrons. The van der Waals surface area contributed by atoms with E-state index in [2.05, 4.69) is 10.3 Å². The molecule has 0 saturated carbocycles. The molecule has 0 fully saturated rings. The Kier molecular flexibility index (Phi) is 5.33. The zero-order chi connectivity index (χ0) is 15.2. The summed E-state index contributed by atoms with van der Waals surface area (Å²) in [4.78, 5) is 3.83. The molecule has 1 aromatic heterocycles. The van der Waals surface area contributed by atoms with Gasteiger partial charge in [0.05, 0.1) is 6.20 Å². The van der Waals surface area contributed by atoms with Gasteiger partial charge in [-0.2, -0.15) is 0 Å². The van der Waals surface area contributed by atoms with Crippen LogP contribution in [0.4, 0.5) is 13.2 Å². The summed E-state index contributed by atoms with van der Waals surface area (Å²) in [6, 6.07) is 4.55. The number of aromatic nitrogens is 1. The summed E-state index contributed by atoms with van der Waals surface area (Å²) >= 11 is 0. The van der Waals surface area contributed by atoms with Gasteiger partial charge in [0, 0.05) is 18.3 Å². The van der Waals surface area contributed by atoms with E-state index in [-0.39, 0.29) is 6.04 Å². The number of pyridine rings is 1. The number of benzene rings is 1. The summed E-state index contributed by atoms with van der Waals surface area (Å²) in [6.07, 6.45) is 3.95. The van der Waals surface area contributed by atoms with Crippen molar-refractivity contribution in [2.24, 2.45) is 0 Å². The Morgan fingerprint density at radius 2 is 1.71 bits per heavy atom. The van der Waals surface area contributed by atoms with Crippen molar-refractivity contribution in [1.82, 2.24) is 10.3 Å².